The molecular weight excluding hydrogens is 440 g/mol. The molecule has 10 heteroatoms. The van der Waals surface area contributed by atoms with E-state index in [1.165, 1.54) is 12.1 Å². The Morgan fingerprint density at radius 2 is 1.44 bits per heavy atom. The first-order chi connectivity index (χ1) is 14.8. The maximum atomic E-state index is 12.8. The lowest BCUT2D eigenvalue weighted by molar-refractivity contribution is -0.607. The van der Waals surface area contributed by atoms with Gasteiger partial charge in [0.1, 0.15) is 11.5 Å². The van der Waals surface area contributed by atoms with Gasteiger partial charge in [-0.3, -0.25) is 4.79 Å². The van der Waals surface area contributed by atoms with E-state index in [-0.39, 0.29) is 0 Å². The Balaban J connectivity index is 0.000000534. The zero-order chi connectivity index (χ0) is 24.3. The van der Waals surface area contributed by atoms with Crippen LogP contribution in [0.25, 0.3) is 16.5 Å². The average Bonchev–Trinajstić information content (AvgIpc) is 2.72. The molecule has 172 valence electrons. The van der Waals surface area contributed by atoms with Crippen molar-refractivity contribution in [2.45, 2.75) is 26.2 Å². The maximum Gasteiger partial charge on any atom is 0.446 e. The predicted molar refractivity (Wildman–Crippen MR) is 105 cm³/mol. The van der Waals surface area contributed by atoms with Crippen molar-refractivity contribution in [3.8, 4) is 17.2 Å². The average molecular weight is 460 g/mol. The van der Waals surface area contributed by atoms with Crippen LogP contribution in [-0.2, 0) is 11.0 Å². The summed E-state index contributed by atoms with van der Waals surface area (Å²) in [7, 11) is 3.17. The van der Waals surface area contributed by atoms with Gasteiger partial charge in [-0.2, -0.15) is 30.9 Å². The topological polar surface area (TPSA) is 39.4 Å². The molecule has 0 saturated heterocycles. The SMILES string of the molecule is COc1cc(OC)c2c(C)[n+](-c3ccc(C(F)(F)F)cc3)c(C)cc2c1.O=CC(F)(F)F. The van der Waals surface area contributed by atoms with Gasteiger partial charge >= 0.3 is 12.4 Å². The molecule has 0 aliphatic carbocycles. The first-order valence-corrected chi connectivity index (χ1v) is 9.11. The monoisotopic (exact) mass is 460 g/mol. The van der Waals surface area contributed by atoms with Crippen LogP contribution in [0, 0.1) is 13.8 Å². The second-order valence-corrected chi connectivity index (χ2v) is 6.70. The lowest BCUT2D eigenvalue weighted by Gasteiger charge is -2.12. The van der Waals surface area contributed by atoms with Gasteiger partial charge in [0, 0.05) is 43.5 Å². The Labute approximate surface area is 180 Å². The number of aromatic nitrogens is 1. The number of benzene rings is 2. The summed E-state index contributed by atoms with van der Waals surface area (Å²) in [5.74, 6) is 1.33. The number of aldehydes is 1. The predicted octanol–water partition coefficient (Wildman–Crippen LogP) is 5.52. The third-order valence-corrected chi connectivity index (χ3v) is 4.56. The van der Waals surface area contributed by atoms with Crippen molar-refractivity contribution in [2.24, 2.45) is 0 Å². The van der Waals surface area contributed by atoms with Crippen molar-refractivity contribution in [1.29, 1.82) is 0 Å². The van der Waals surface area contributed by atoms with Gasteiger partial charge in [0.15, 0.2) is 11.4 Å². The number of carbonyl (C=O) groups excluding carboxylic acids is 1. The van der Waals surface area contributed by atoms with Crippen LogP contribution in [0.4, 0.5) is 26.3 Å². The quantitative estimate of drug-likeness (QED) is 0.294. The van der Waals surface area contributed by atoms with E-state index >= 15 is 0 Å². The maximum absolute atomic E-state index is 12.8. The number of methoxy groups -OCH3 is 2. The van der Waals surface area contributed by atoms with E-state index in [9.17, 15) is 26.3 Å². The van der Waals surface area contributed by atoms with Crippen LogP contribution in [0.2, 0.25) is 0 Å². The van der Waals surface area contributed by atoms with Gasteiger partial charge in [0.25, 0.3) is 0 Å². The second kappa shape index (κ2) is 9.46. The van der Waals surface area contributed by atoms with Crippen molar-refractivity contribution in [3.05, 3.63) is 59.4 Å². The van der Waals surface area contributed by atoms with Crippen molar-refractivity contribution in [2.75, 3.05) is 14.2 Å². The fourth-order valence-electron chi connectivity index (χ4n) is 3.25. The summed E-state index contributed by atoms with van der Waals surface area (Å²) in [6.45, 7) is 3.83. The van der Waals surface area contributed by atoms with Crippen molar-refractivity contribution < 1.29 is 45.2 Å². The highest BCUT2D eigenvalue weighted by molar-refractivity contribution is 5.91. The Morgan fingerprint density at radius 1 is 0.875 bits per heavy atom. The summed E-state index contributed by atoms with van der Waals surface area (Å²) in [6, 6.07) is 10.8. The number of hydrogen-bond donors (Lipinski definition) is 0. The standard InChI is InChI=1S/C20H19F3NO2.C2HF3O/c1-12-9-14-10-17(25-3)11-18(26-4)19(14)13(2)24(12)16-7-5-15(6-8-16)20(21,22)23;3-2(4,5)1-6/h5-11H,1-4H3;1H/q+1;. The molecule has 4 nitrogen and oxygen atoms in total. The zero-order valence-corrected chi connectivity index (χ0v) is 17.6. The van der Waals surface area contributed by atoms with Crippen LogP contribution in [-0.4, -0.2) is 26.7 Å². The minimum atomic E-state index is -4.64. The second-order valence-electron chi connectivity index (χ2n) is 6.70. The van der Waals surface area contributed by atoms with E-state index in [1.807, 2.05) is 30.5 Å². The number of pyridine rings is 1. The van der Waals surface area contributed by atoms with Crippen LogP contribution in [0.3, 0.4) is 0 Å². The summed E-state index contributed by atoms with van der Waals surface area (Å²) >= 11 is 0. The molecule has 0 N–H and O–H groups in total. The highest BCUT2D eigenvalue weighted by Gasteiger charge is 2.31. The minimum absolute atomic E-state index is 0.650. The molecule has 32 heavy (non-hydrogen) atoms. The fraction of sp³-hybridized carbons (Fsp3) is 0.273. The Bertz CT molecular complexity index is 1110. The van der Waals surface area contributed by atoms with Gasteiger partial charge in [-0.25, -0.2) is 0 Å². The molecule has 0 bridgehead atoms. The van der Waals surface area contributed by atoms with Crippen molar-refractivity contribution >= 4 is 17.1 Å². The first kappa shape index (κ1) is 25.0. The molecule has 2 aromatic carbocycles. The van der Waals surface area contributed by atoms with Gasteiger partial charge in [-0.1, -0.05) is 0 Å². The molecule has 0 unspecified atom stereocenters. The van der Waals surface area contributed by atoms with Gasteiger partial charge < -0.3 is 9.47 Å². The van der Waals surface area contributed by atoms with Crippen LogP contribution in [0.15, 0.2) is 42.5 Å². The van der Waals surface area contributed by atoms with Crippen molar-refractivity contribution in [1.82, 2.24) is 0 Å². The van der Waals surface area contributed by atoms with E-state index in [4.69, 9.17) is 14.3 Å². The van der Waals surface area contributed by atoms with Gasteiger partial charge in [0.05, 0.1) is 25.2 Å². The summed E-state index contributed by atoms with van der Waals surface area (Å²) < 4.78 is 82.4. The number of nitrogens with zero attached hydrogens (tertiary/aromatic N) is 1. The van der Waals surface area contributed by atoms with Gasteiger partial charge in [-0.15, -0.1) is 0 Å². The molecule has 0 fully saturated rings. The fourth-order valence-corrected chi connectivity index (χ4v) is 3.25. The number of alkyl halides is 6. The number of aryl methyl sites for hydroxylation is 2. The molecule has 1 heterocycles. The van der Waals surface area contributed by atoms with Crippen molar-refractivity contribution in [3.63, 3.8) is 0 Å². The summed E-state index contributed by atoms with van der Waals surface area (Å²) in [5, 5.41) is 1.83. The van der Waals surface area contributed by atoms with Crippen LogP contribution >= 0.6 is 0 Å². The van der Waals surface area contributed by atoms with E-state index in [0.29, 0.717) is 17.2 Å². The van der Waals surface area contributed by atoms with E-state index in [1.54, 1.807) is 20.3 Å². The Morgan fingerprint density at radius 3 is 1.88 bits per heavy atom. The highest BCUT2D eigenvalue weighted by atomic mass is 19.4. The molecule has 3 rings (SSSR count). The molecule has 3 aromatic rings. The van der Waals surface area contributed by atoms with Gasteiger partial charge in [-0.05, 0) is 18.2 Å². The zero-order valence-electron chi connectivity index (χ0n) is 17.6. The summed E-state index contributed by atoms with van der Waals surface area (Å²) in [6.07, 6.45) is -10.1. The highest BCUT2D eigenvalue weighted by Crippen LogP contribution is 2.33. The lowest BCUT2D eigenvalue weighted by Crippen LogP contribution is -2.37. The summed E-state index contributed by atoms with van der Waals surface area (Å²) in [5.41, 5.74) is 1.76. The van der Waals surface area contributed by atoms with E-state index in [0.717, 1.165) is 34.3 Å². The molecular formula is C22H20F6NO3+. The summed E-state index contributed by atoms with van der Waals surface area (Å²) in [4.78, 5) is 8.70. The molecule has 0 radical (unpaired) electrons. The molecule has 0 saturated carbocycles. The normalized spacial score (nSPS) is 11.6. The molecule has 0 aliphatic rings. The molecule has 0 atom stereocenters. The number of halogens is 6. The Hall–Kier alpha value is -3.30. The van der Waals surface area contributed by atoms with Gasteiger partial charge in [0.2, 0.25) is 12.0 Å². The van der Waals surface area contributed by atoms with E-state index < -0.39 is 24.2 Å². The number of ether oxygens (including phenoxy) is 2. The lowest BCUT2D eigenvalue weighted by atomic mass is 10.1. The number of hydrogen-bond acceptors (Lipinski definition) is 3. The Kier molecular flexibility index (Phi) is 7.38. The largest absolute Gasteiger partial charge is 0.497 e. The third kappa shape index (κ3) is 5.68. The molecule has 1 aromatic heterocycles. The third-order valence-electron chi connectivity index (χ3n) is 4.56. The van der Waals surface area contributed by atoms with Crippen LogP contribution in [0.5, 0.6) is 11.5 Å². The number of rotatable bonds is 3. The molecule has 0 aliphatic heterocycles. The van der Waals surface area contributed by atoms with E-state index in [2.05, 4.69) is 0 Å². The van der Waals surface area contributed by atoms with Crippen LogP contribution < -0.4 is 14.0 Å². The number of fused-ring (bicyclic) bond motifs is 1. The van der Waals surface area contributed by atoms with Crippen LogP contribution in [0.1, 0.15) is 17.0 Å². The number of carbonyl (C=O) groups is 1. The molecule has 0 spiro atoms. The minimum Gasteiger partial charge on any atom is -0.497 e. The first-order valence-electron chi connectivity index (χ1n) is 9.11. The molecule has 0 amide bonds. The smallest absolute Gasteiger partial charge is 0.446 e.